The number of rotatable bonds is 4. The normalized spacial score (nSPS) is 23.0. The van der Waals surface area contributed by atoms with Crippen molar-refractivity contribution in [1.29, 1.82) is 0 Å². The molecule has 0 amide bonds. The Balaban J connectivity index is 2.18. The molecule has 0 radical (unpaired) electrons. The Morgan fingerprint density at radius 1 is 1.50 bits per heavy atom. The van der Waals surface area contributed by atoms with Crippen molar-refractivity contribution in [1.82, 2.24) is 0 Å². The molecule has 1 aromatic carbocycles. The molecule has 0 bridgehead atoms. The first-order valence-electron chi connectivity index (χ1n) is 6.11. The van der Waals surface area contributed by atoms with Crippen molar-refractivity contribution in [3.8, 4) is 5.75 Å². The van der Waals surface area contributed by atoms with Gasteiger partial charge in [-0.3, -0.25) is 10.1 Å². The van der Waals surface area contributed by atoms with E-state index >= 15 is 0 Å². The zero-order valence-corrected chi connectivity index (χ0v) is 10.3. The van der Waals surface area contributed by atoms with Crippen LogP contribution in [0.1, 0.15) is 24.8 Å². The van der Waals surface area contributed by atoms with Crippen LogP contribution < -0.4 is 4.74 Å². The van der Waals surface area contributed by atoms with Gasteiger partial charge in [-0.2, -0.15) is 0 Å². The summed E-state index contributed by atoms with van der Waals surface area (Å²) >= 11 is 0. The van der Waals surface area contributed by atoms with E-state index < -0.39 is 4.92 Å². The van der Waals surface area contributed by atoms with Gasteiger partial charge >= 0.3 is 5.69 Å². The number of methoxy groups -OCH3 is 1. The van der Waals surface area contributed by atoms with Gasteiger partial charge in [0.25, 0.3) is 0 Å². The van der Waals surface area contributed by atoms with Crippen LogP contribution in [-0.2, 0) is 6.42 Å². The number of hydrogen-bond donors (Lipinski definition) is 1. The maximum atomic E-state index is 10.9. The minimum Gasteiger partial charge on any atom is -0.490 e. The van der Waals surface area contributed by atoms with Crippen molar-refractivity contribution >= 4 is 5.69 Å². The predicted molar refractivity (Wildman–Crippen MR) is 66.7 cm³/mol. The van der Waals surface area contributed by atoms with Gasteiger partial charge in [0, 0.05) is 6.07 Å². The first kappa shape index (κ1) is 12.8. The molecule has 98 valence electrons. The number of nitrogens with zero attached hydrogens (tertiary/aromatic N) is 1. The molecule has 2 atom stereocenters. The molecule has 1 saturated carbocycles. The first-order valence-corrected chi connectivity index (χ1v) is 6.11. The van der Waals surface area contributed by atoms with Crippen molar-refractivity contribution in [2.45, 2.75) is 31.8 Å². The van der Waals surface area contributed by atoms with Crippen LogP contribution in [-0.4, -0.2) is 23.2 Å². The lowest BCUT2D eigenvalue weighted by molar-refractivity contribution is -0.385. The van der Waals surface area contributed by atoms with E-state index in [1.165, 1.54) is 7.11 Å². The molecule has 1 N–H and O–H groups in total. The summed E-state index contributed by atoms with van der Waals surface area (Å²) in [5.74, 6) is 0.494. The molecule has 2 unspecified atom stereocenters. The van der Waals surface area contributed by atoms with E-state index in [0.717, 1.165) is 24.8 Å². The lowest BCUT2D eigenvalue weighted by Crippen LogP contribution is -2.15. The van der Waals surface area contributed by atoms with Gasteiger partial charge in [0.05, 0.1) is 18.1 Å². The third-order valence-electron chi connectivity index (χ3n) is 3.56. The van der Waals surface area contributed by atoms with E-state index in [9.17, 15) is 15.2 Å². The van der Waals surface area contributed by atoms with Crippen molar-refractivity contribution in [3.63, 3.8) is 0 Å². The molecule has 18 heavy (non-hydrogen) atoms. The number of aliphatic hydroxyl groups is 1. The molecule has 2 rings (SSSR count). The molecule has 1 fully saturated rings. The van der Waals surface area contributed by atoms with Crippen LogP contribution in [0.5, 0.6) is 5.75 Å². The standard InChI is InChI=1S/C13H17NO4/c1-18-13-6-5-9(8-11(13)14(16)17)7-10-3-2-4-12(10)15/h5-6,8,10,12,15H,2-4,7H2,1H3. The summed E-state index contributed by atoms with van der Waals surface area (Å²) in [6, 6.07) is 5.00. The van der Waals surface area contributed by atoms with Crippen LogP contribution in [0.4, 0.5) is 5.69 Å². The summed E-state index contributed by atoms with van der Waals surface area (Å²) < 4.78 is 4.96. The predicted octanol–water partition coefficient (Wildman–Crippen LogP) is 2.31. The van der Waals surface area contributed by atoms with Crippen LogP contribution in [0.3, 0.4) is 0 Å². The highest BCUT2D eigenvalue weighted by molar-refractivity contribution is 5.48. The second-order valence-electron chi connectivity index (χ2n) is 4.73. The Labute approximate surface area is 106 Å². The third-order valence-corrected chi connectivity index (χ3v) is 3.56. The van der Waals surface area contributed by atoms with E-state index in [-0.39, 0.29) is 23.5 Å². The summed E-state index contributed by atoms with van der Waals surface area (Å²) in [4.78, 5) is 10.5. The van der Waals surface area contributed by atoms with Crippen LogP contribution in [0.25, 0.3) is 0 Å². The van der Waals surface area contributed by atoms with Gasteiger partial charge in [0.15, 0.2) is 5.75 Å². The fourth-order valence-corrected chi connectivity index (χ4v) is 2.56. The van der Waals surface area contributed by atoms with E-state index in [0.29, 0.717) is 6.42 Å². The Bertz CT molecular complexity index is 447. The highest BCUT2D eigenvalue weighted by Gasteiger charge is 2.26. The van der Waals surface area contributed by atoms with Gasteiger partial charge in [0.1, 0.15) is 0 Å². The zero-order chi connectivity index (χ0) is 13.1. The quantitative estimate of drug-likeness (QED) is 0.658. The molecule has 5 heteroatoms. The Morgan fingerprint density at radius 2 is 2.28 bits per heavy atom. The summed E-state index contributed by atoms with van der Waals surface area (Å²) in [6.07, 6.45) is 3.27. The number of benzene rings is 1. The Kier molecular flexibility index (Phi) is 3.81. The molecule has 0 aliphatic heterocycles. The SMILES string of the molecule is COc1ccc(CC2CCCC2O)cc1[N+](=O)[O-]. The zero-order valence-electron chi connectivity index (χ0n) is 10.3. The monoisotopic (exact) mass is 251 g/mol. The summed E-state index contributed by atoms with van der Waals surface area (Å²) in [7, 11) is 1.42. The van der Waals surface area contributed by atoms with Crippen LogP contribution in [0.15, 0.2) is 18.2 Å². The highest BCUT2D eigenvalue weighted by atomic mass is 16.6. The minimum absolute atomic E-state index is 0.0116. The molecule has 0 aromatic heterocycles. The molecular weight excluding hydrogens is 234 g/mol. The van der Waals surface area contributed by atoms with Gasteiger partial charge in [0.2, 0.25) is 0 Å². The van der Waals surface area contributed by atoms with Crippen molar-refractivity contribution in [2.75, 3.05) is 7.11 Å². The van der Waals surface area contributed by atoms with Gasteiger partial charge in [-0.15, -0.1) is 0 Å². The fraction of sp³-hybridized carbons (Fsp3) is 0.538. The summed E-state index contributed by atoms with van der Waals surface area (Å²) in [6.45, 7) is 0. The lowest BCUT2D eigenvalue weighted by atomic mass is 9.96. The van der Waals surface area contributed by atoms with Crippen molar-refractivity contribution in [2.24, 2.45) is 5.92 Å². The average molecular weight is 251 g/mol. The van der Waals surface area contributed by atoms with Gasteiger partial charge in [-0.05, 0) is 36.8 Å². The van der Waals surface area contributed by atoms with E-state index in [1.54, 1.807) is 12.1 Å². The van der Waals surface area contributed by atoms with Crippen LogP contribution in [0.2, 0.25) is 0 Å². The highest BCUT2D eigenvalue weighted by Crippen LogP contribution is 2.32. The fourth-order valence-electron chi connectivity index (χ4n) is 2.56. The van der Waals surface area contributed by atoms with E-state index in [1.807, 2.05) is 6.07 Å². The number of hydrogen-bond acceptors (Lipinski definition) is 4. The molecule has 1 aliphatic carbocycles. The van der Waals surface area contributed by atoms with E-state index in [2.05, 4.69) is 0 Å². The minimum atomic E-state index is -0.437. The molecule has 1 aliphatic rings. The molecular formula is C13H17NO4. The number of ether oxygens (including phenoxy) is 1. The lowest BCUT2D eigenvalue weighted by Gasteiger charge is -2.14. The summed E-state index contributed by atoms with van der Waals surface area (Å²) in [5, 5.41) is 20.7. The maximum absolute atomic E-state index is 10.9. The second kappa shape index (κ2) is 5.35. The molecule has 5 nitrogen and oxygen atoms in total. The number of nitro benzene ring substituents is 1. The third kappa shape index (κ3) is 2.61. The van der Waals surface area contributed by atoms with Gasteiger partial charge in [-0.1, -0.05) is 12.5 Å². The second-order valence-corrected chi connectivity index (χ2v) is 4.73. The smallest absolute Gasteiger partial charge is 0.311 e. The van der Waals surface area contributed by atoms with Gasteiger partial charge in [-0.25, -0.2) is 0 Å². The van der Waals surface area contributed by atoms with Crippen LogP contribution >= 0.6 is 0 Å². The summed E-state index contributed by atoms with van der Waals surface area (Å²) in [5.41, 5.74) is 0.871. The topological polar surface area (TPSA) is 72.6 Å². The molecule has 0 spiro atoms. The Hall–Kier alpha value is -1.62. The largest absolute Gasteiger partial charge is 0.490 e. The van der Waals surface area contributed by atoms with Gasteiger partial charge < -0.3 is 9.84 Å². The maximum Gasteiger partial charge on any atom is 0.311 e. The van der Waals surface area contributed by atoms with Crippen LogP contribution in [0, 0.1) is 16.0 Å². The number of nitro groups is 1. The first-order chi connectivity index (χ1) is 8.61. The van der Waals surface area contributed by atoms with Crippen molar-refractivity contribution < 1.29 is 14.8 Å². The van der Waals surface area contributed by atoms with E-state index in [4.69, 9.17) is 4.74 Å². The molecule has 1 aromatic rings. The molecule has 0 heterocycles. The Morgan fingerprint density at radius 3 is 2.83 bits per heavy atom. The average Bonchev–Trinajstić information content (AvgIpc) is 2.75. The molecule has 0 saturated heterocycles. The number of aliphatic hydroxyl groups excluding tert-OH is 1. The van der Waals surface area contributed by atoms with Crippen molar-refractivity contribution in [3.05, 3.63) is 33.9 Å².